The van der Waals surface area contributed by atoms with Crippen LogP contribution in [0, 0.1) is 5.82 Å². The summed E-state index contributed by atoms with van der Waals surface area (Å²) in [5.74, 6) is 1.17. The van der Waals surface area contributed by atoms with Gasteiger partial charge in [0.1, 0.15) is 29.7 Å². The lowest BCUT2D eigenvalue weighted by Gasteiger charge is -2.08. The molecule has 1 heterocycles. The van der Waals surface area contributed by atoms with Gasteiger partial charge in [0.25, 0.3) is 0 Å². The number of methoxy groups -OCH3 is 1. The summed E-state index contributed by atoms with van der Waals surface area (Å²) in [5.41, 5.74) is 1.62. The summed E-state index contributed by atoms with van der Waals surface area (Å²) in [6.07, 6.45) is 1.64. The highest BCUT2D eigenvalue weighted by molar-refractivity contribution is 9.10. The van der Waals surface area contributed by atoms with Gasteiger partial charge in [-0.1, -0.05) is 34.1 Å². The Morgan fingerprint density at radius 2 is 1.93 bits per heavy atom. The van der Waals surface area contributed by atoms with E-state index in [2.05, 4.69) is 15.9 Å². The summed E-state index contributed by atoms with van der Waals surface area (Å²) in [6.45, 7) is 0.0807. The van der Waals surface area contributed by atoms with Gasteiger partial charge in [0.2, 0.25) is 5.78 Å². The van der Waals surface area contributed by atoms with Crippen LogP contribution in [0.1, 0.15) is 21.5 Å². The SMILES string of the molecule is COc1ccc(Br)cc1C=C1Oc2cc(OCc3ccccc3F)ccc2C1=O. The van der Waals surface area contributed by atoms with Crippen LogP contribution in [0.25, 0.3) is 6.08 Å². The Hall–Kier alpha value is -3.12. The number of benzene rings is 3. The highest BCUT2D eigenvalue weighted by Gasteiger charge is 2.28. The van der Waals surface area contributed by atoms with Crippen LogP contribution in [0.2, 0.25) is 0 Å². The van der Waals surface area contributed by atoms with Gasteiger partial charge in [0, 0.05) is 21.7 Å². The van der Waals surface area contributed by atoms with Gasteiger partial charge < -0.3 is 14.2 Å². The minimum Gasteiger partial charge on any atom is -0.496 e. The summed E-state index contributed by atoms with van der Waals surface area (Å²) >= 11 is 3.42. The number of hydrogen-bond donors (Lipinski definition) is 0. The normalized spacial score (nSPS) is 13.9. The first-order valence-electron chi connectivity index (χ1n) is 8.83. The third-order valence-corrected chi connectivity index (χ3v) is 4.97. The maximum Gasteiger partial charge on any atom is 0.231 e. The number of rotatable bonds is 5. The van der Waals surface area contributed by atoms with Crippen molar-refractivity contribution in [3.63, 3.8) is 0 Å². The molecule has 0 radical (unpaired) electrons. The topological polar surface area (TPSA) is 44.8 Å². The fourth-order valence-electron chi connectivity index (χ4n) is 2.99. The number of ketones is 1. The zero-order valence-corrected chi connectivity index (χ0v) is 17.0. The van der Waals surface area contributed by atoms with E-state index in [9.17, 15) is 9.18 Å². The molecule has 0 fully saturated rings. The molecule has 146 valence electrons. The Balaban J connectivity index is 1.56. The largest absolute Gasteiger partial charge is 0.496 e. The second-order valence-electron chi connectivity index (χ2n) is 6.36. The molecule has 0 spiro atoms. The molecule has 4 nitrogen and oxygen atoms in total. The standard InChI is InChI=1S/C23H16BrFO4/c1-27-20-9-6-16(24)10-15(20)11-22-23(26)18-8-7-17(12-21(18)29-22)28-13-14-4-2-3-5-19(14)25/h2-12H,13H2,1H3. The molecule has 1 aliphatic rings. The molecule has 29 heavy (non-hydrogen) atoms. The maximum atomic E-state index is 13.7. The molecule has 0 bridgehead atoms. The third-order valence-electron chi connectivity index (χ3n) is 4.47. The van der Waals surface area contributed by atoms with Gasteiger partial charge in [-0.3, -0.25) is 4.79 Å². The Morgan fingerprint density at radius 1 is 1.10 bits per heavy atom. The molecule has 0 aromatic heterocycles. The number of carbonyl (C=O) groups is 1. The van der Waals surface area contributed by atoms with Crippen molar-refractivity contribution in [2.24, 2.45) is 0 Å². The molecule has 0 N–H and O–H groups in total. The number of halogens is 2. The van der Waals surface area contributed by atoms with Gasteiger partial charge in [-0.25, -0.2) is 4.39 Å². The summed E-state index contributed by atoms with van der Waals surface area (Å²) in [6, 6.07) is 16.9. The van der Waals surface area contributed by atoms with E-state index in [1.807, 2.05) is 12.1 Å². The molecule has 0 unspecified atom stereocenters. The van der Waals surface area contributed by atoms with Crippen molar-refractivity contribution >= 4 is 27.8 Å². The van der Waals surface area contributed by atoms with E-state index in [1.54, 1.807) is 55.7 Å². The molecule has 1 aliphatic heterocycles. The van der Waals surface area contributed by atoms with Gasteiger partial charge in [0.15, 0.2) is 5.76 Å². The maximum absolute atomic E-state index is 13.7. The highest BCUT2D eigenvalue weighted by atomic mass is 79.9. The molecule has 4 rings (SSSR count). The fourth-order valence-corrected chi connectivity index (χ4v) is 3.37. The van der Waals surface area contributed by atoms with Crippen LogP contribution in [0.4, 0.5) is 4.39 Å². The average molecular weight is 455 g/mol. The number of hydrogen-bond acceptors (Lipinski definition) is 4. The van der Waals surface area contributed by atoms with Crippen molar-refractivity contribution in [2.75, 3.05) is 7.11 Å². The lowest BCUT2D eigenvalue weighted by atomic mass is 10.1. The Bertz CT molecular complexity index is 1120. The van der Waals surface area contributed by atoms with Crippen molar-refractivity contribution in [1.29, 1.82) is 0 Å². The van der Waals surface area contributed by atoms with Gasteiger partial charge in [0.05, 0.1) is 12.7 Å². The number of Topliss-reactive ketones (excluding diaryl/α,β-unsaturated/α-hetero) is 1. The predicted molar refractivity (Wildman–Crippen MR) is 111 cm³/mol. The van der Waals surface area contributed by atoms with Gasteiger partial charge in [-0.15, -0.1) is 0 Å². The first kappa shape index (κ1) is 19.2. The second-order valence-corrected chi connectivity index (χ2v) is 7.28. The number of carbonyl (C=O) groups excluding carboxylic acids is 1. The minimum absolute atomic E-state index is 0.0807. The van der Waals surface area contributed by atoms with Crippen LogP contribution >= 0.6 is 15.9 Å². The van der Waals surface area contributed by atoms with Crippen LogP contribution in [-0.4, -0.2) is 12.9 Å². The van der Waals surface area contributed by atoms with E-state index < -0.39 is 0 Å². The Morgan fingerprint density at radius 3 is 2.72 bits per heavy atom. The minimum atomic E-state index is -0.326. The highest BCUT2D eigenvalue weighted by Crippen LogP contribution is 2.36. The van der Waals surface area contributed by atoms with E-state index in [0.29, 0.717) is 33.9 Å². The zero-order valence-electron chi connectivity index (χ0n) is 15.4. The molecule has 3 aromatic carbocycles. The summed E-state index contributed by atoms with van der Waals surface area (Å²) < 4.78 is 31.4. The van der Waals surface area contributed by atoms with Gasteiger partial charge in [-0.2, -0.15) is 0 Å². The van der Waals surface area contributed by atoms with Crippen LogP contribution in [-0.2, 0) is 6.61 Å². The molecule has 0 saturated heterocycles. The first-order valence-corrected chi connectivity index (χ1v) is 9.62. The average Bonchev–Trinajstić information content (AvgIpc) is 3.02. The molecule has 0 aliphatic carbocycles. The Kier molecular flexibility index (Phi) is 5.36. The van der Waals surface area contributed by atoms with Crippen molar-refractivity contribution in [1.82, 2.24) is 0 Å². The van der Waals surface area contributed by atoms with E-state index in [4.69, 9.17) is 14.2 Å². The van der Waals surface area contributed by atoms with E-state index in [-0.39, 0.29) is 24.0 Å². The van der Waals surface area contributed by atoms with Crippen molar-refractivity contribution in [2.45, 2.75) is 6.61 Å². The van der Waals surface area contributed by atoms with Crippen LogP contribution in [0.5, 0.6) is 17.2 Å². The number of ether oxygens (including phenoxy) is 3. The molecule has 0 amide bonds. The third kappa shape index (κ3) is 4.03. The predicted octanol–water partition coefficient (Wildman–Crippen LogP) is 5.79. The monoisotopic (exact) mass is 454 g/mol. The van der Waals surface area contributed by atoms with Crippen molar-refractivity contribution in [3.8, 4) is 17.2 Å². The van der Waals surface area contributed by atoms with E-state index in [1.165, 1.54) is 6.07 Å². The molecular weight excluding hydrogens is 439 g/mol. The van der Waals surface area contributed by atoms with Crippen LogP contribution in [0.3, 0.4) is 0 Å². The fraction of sp³-hybridized carbons (Fsp3) is 0.0870. The van der Waals surface area contributed by atoms with E-state index >= 15 is 0 Å². The van der Waals surface area contributed by atoms with Crippen molar-refractivity contribution < 1.29 is 23.4 Å². The van der Waals surface area contributed by atoms with Crippen molar-refractivity contribution in [3.05, 3.63) is 93.4 Å². The number of fused-ring (bicyclic) bond motifs is 1. The van der Waals surface area contributed by atoms with Crippen LogP contribution < -0.4 is 14.2 Å². The molecule has 0 atom stereocenters. The second kappa shape index (κ2) is 8.09. The van der Waals surface area contributed by atoms with Crippen LogP contribution in [0.15, 0.2) is 70.9 Å². The summed E-state index contributed by atoms with van der Waals surface area (Å²) in [7, 11) is 1.57. The number of allylic oxidation sites excluding steroid dienone is 1. The smallest absolute Gasteiger partial charge is 0.231 e. The zero-order chi connectivity index (χ0) is 20.4. The molecular formula is C23H16BrFO4. The van der Waals surface area contributed by atoms with Gasteiger partial charge in [-0.05, 0) is 42.5 Å². The molecule has 0 saturated carbocycles. The van der Waals surface area contributed by atoms with E-state index in [0.717, 1.165) is 4.47 Å². The quantitative estimate of drug-likeness (QED) is 0.457. The summed E-state index contributed by atoms with van der Waals surface area (Å²) in [4.78, 5) is 12.7. The Labute approximate surface area is 175 Å². The summed E-state index contributed by atoms with van der Waals surface area (Å²) in [5, 5.41) is 0. The lowest BCUT2D eigenvalue weighted by Crippen LogP contribution is -1.99. The molecule has 3 aromatic rings. The lowest BCUT2D eigenvalue weighted by molar-refractivity contribution is 0.101. The molecule has 6 heteroatoms. The first-order chi connectivity index (χ1) is 14.0. The van der Waals surface area contributed by atoms with Gasteiger partial charge >= 0.3 is 0 Å².